The van der Waals surface area contributed by atoms with Gasteiger partial charge in [-0.15, -0.1) is 0 Å². The van der Waals surface area contributed by atoms with Gasteiger partial charge in [0.15, 0.2) is 6.10 Å². The molecule has 1 atom stereocenters. The number of unbranched alkanes of at least 4 members (excludes halogenated alkanes) is 7. The molecule has 0 bridgehead atoms. The van der Waals surface area contributed by atoms with Crippen LogP contribution in [0.4, 0.5) is 0 Å². The number of ether oxygens (including phenoxy) is 1. The van der Waals surface area contributed by atoms with Crippen LogP contribution in [-0.4, -0.2) is 55.3 Å². The van der Waals surface area contributed by atoms with Crippen molar-refractivity contribution in [2.75, 3.05) is 27.7 Å². The first-order chi connectivity index (χ1) is 15.5. The van der Waals surface area contributed by atoms with Crippen molar-refractivity contribution in [3.63, 3.8) is 0 Å². The monoisotopic (exact) mass is 464 g/mol. The van der Waals surface area contributed by atoms with Gasteiger partial charge in [0, 0.05) is 12.8 Å². The lowest BCUT2D eigenvalue weighted by Gasteiger charge is -2.28. The van der Waals surface area contributed by atoms with E-state index in [4.69, 9.17) is 14.3 Å². The van der Waals surface area contributed by atoms with E-state index in [-0.39, 0.29) is 12.4 Å². The third kappa shape index (κ3) is 12.7. The zero-order chi connectivity index (χ0) is 24.9. The Kier molecular flexibility index (Phi) is 13.1. The number of carboxylic acids is 1. The maximum atomic E-state index is 12.1. The maximum Gasteiger partial charge on any atom is 0.307 e. The predicted molar refractivity (Wildman–Crippen MR) is 133 cm³/mol. The number of allylic oxidation sites excluding steroid dienone is 1. The van der Waals surface area contributed by atoms with E-state index in [1.165, 1.54) is 36.8 Å². The minimum absolute atomic E-state index is 0.142. The quantitative estimate of drug-likeness (QED) is 0.172. The van der Waals surface area contributed by atoms with Gasteiger partial charge in [-0.3, -0.25) is 9.59 Å². The summed E-state index contributed by atoms with van der Waals surface area (Å²) in [6, 6.07) is 0. The van der Waals surface area contributed by atoms with Crippen molar-refractivity contribution < 1.29 is 28.3 Å². The fourth-order valence-corrected chi connectivity index (χ4v) is 4.04. The van der Waals surface area contributed by atoms with Crippen molar-refractivity contribution in [2.24, 2.45) is 0 Å². The number of likely N-dealkylation sites (N-methyl/N-ethyl adjacent to an activating group) is 1. The van der Waals surface area contributed by atoms with Crippen LogP contribution in [0, 0.1) is 13.8 Å². The van der Waals surface area contributed by atoms with Crippen LogP contribution in [0.3, 0.4) is 0 Å². The molecule has 0 aromatic carbocycles. The molecule has 1 unspecified atom stereocenters. The van der Waals surface area contributed by atoms with Crippen molar-refractivity contribution >= 4 is 18.0 Å². The summed E-state index contributed by atoms with van der Waals surface area (Å²) in [5.74, 6) is 0.893. The Morgan fingerprint density at radius 1 is 0.970 bits per heavy atom. The van der Waals surface area contributed by atoms with Gasteiger partial charge in [0.25, 0.3) is 0 Å². The highest BCUT2D eigenvalue weighted by Crippen LogP contribution is 2.24. The van der Waals surface area contributed by atoms with Gasteiger partial charge in [-0.25, -0.2) is 0 Å². The van der Waals surface area contributed by atoms with Crippen LogP contribution in [0.1, 0.15) is 93.8 Å². The molecule has 0 spiro atoms. The zero-order valence-electron chi connectivity index (χ0n) is 21.7. The molecule has 0 aliphatic carbocycles. The van der Waals surface area contributed by atoms with Crippen LogP contribution in [0.5, 0.6) is 0 Å². The third-order valence-corrected chi connectivity index (χ3v) is 5.89. The predicted octanol–water partition coefficient (Wildman–Crippen LogP) is 6.08. The average Bonchev–Trinajstić information content (AvgIpc) is 2.96. The molecule has 33 heavy (non-hydrogen) atoms. The van der Waals surface area contributed by atoms with Gasteiger partial charge in [-0.2, -0.15) is 0 Å². The molecule has 0 aliphatic rings. The Morgan fingerprint density at radius 2 is 1.55 bits per heavy atom. The van der Waals surface area contributed by atoms with Gasteiger partial charge in [-0.1, -0.05) is 44.6 Å². The number of aryl methyl sites for hydroxylation is 1. The number of carbonyl (C=O) groups excluding carboxylic acids is 1. The second-order valence-corrected chi connectivity index (χ2v) is 10.2. The SMILES string of the molecule is C/C=C/c1oc(CCCCCCCCCCC(=O)OC(CC(=O)O)C[N+](C)(C)C)c(C)c1C. The number of rotatable bonds is 17. The number of carboxylic acid groups (broad SMARTS) is 1. The molecule has 1 rings (SSSR count). The van der Waals surface area contributed by atoms with Crippen molar-refractivity contribution in [2.45, 2.75) is 97.5 Å². The Labute approximate surface area is 200 Å². The first kappa shape index (κ1) is 29.0. The number of nitrogens with zero attached hydrogens (tertiary/aromatic N) is 1. The number of esters is 1. The molecular weight excluding hydrogens is 418 g/mol. The highest BCUT2D eigenvalue weighted by molar-refractivity contribution is 5.71. The summed E-state index contributed by atoms with van der Waals surface area (Å²) in [7, 11) is 5.88. The molecule has 188 valence electrons. The smallest absolute Gasteiger partial charge is 0.307 e. The van der Waals surface area contributed by atoms with Gasteiger partial charge >= 0.3 is 11.9 Å². The highest BCUT2D eigenvalue weighted by atomic mass is 16.5. The normalized spacial score (nSPS) is 12.9. The molecule has 1 N–H and O–H groups in total. The van der Waals surface area contributed by atoms with Crippen molar-refractivity contribution in [1.82, 2.24) is 0 Å². The number of carbonyl (C=O) groups is 2. The lowest BCUT2D eigenvalue weighted by atomic mass is 10.0. The summed E-state index contributed by atoms with van der Waals surface area (Å²) >= 11 is 0. The summed E-state index contributed by atoms with van der Waals surface area (Å²) < 4.78 is 12.0. The van der Waals surface area contributed by atoms with E-state index in [2.05, 4.69) is 13.8 Å². The first-order valence-corrected chi connectivity index (χ1v) is 12.5. The Balaban J connectivity index is 2.12. The average molecular weight is 465 g/mol. The van der Waals surface area contributed by atoms with E-state index in [1.807, 2.05) is 40.2 Å². The van der Waals surface area contributed by atoms with E-state index < -0.39 is 12.1 Å². The molecule has 0 fully saturated rings. The minimum atomic E-state index is -0.936. The standard InChI is InChI=1S/C27H45NO5/c1-7-16-24-21(2)22(3)25(33-24)17-14-12-10-8-9-11-13-15-18-27(31)32-23(19-26(29)30)20-28(4,5)6/h7,16,23H,8-15,17-20H2,1-6H3/p+1/b16-7+. The van der Waals surface area contributed by atoms with Crippen LogP contribution in [0.2, 0.25) is 0 Å². The van der Waals surface area contributed by atoms with E-state index in [1.54, 1.807) is 0 Å². The number of furan rings is 1. The third-order valence-electron chi connectivity index (χ3n) is 5.89. The second kappa shape index (κ2) is 14.9. The van der Waals surface area contributed by atoms with Crippen molar-refractivity contribution in [3.05, 3.63) is 28.7 Å². The molecule has 0 radical (unpaired) electrons. The Hall–Kier alpha value is -2.08. The largest absolute Gasteiger partial charge is 0.481 e. The zero-order valence-corrected chi connectivity index (χ0v) is 21.7. The van der Waals surface area contributed by atoms with E-state index in [0.29, 0.717) is 17.4 Å². The summed E-state index contributed by atoms with van der Waals surface area (Å²) in [6.45, 7) is 6.77. The van der Waals surface area contributed by atoms with Gasteiger partial charge < -0.3 is 18.7 Å². The maximum absolute atomic E-state index is 12.1. The lowest BCUT2D eigenvalue weighted by Crippen LogP contribution is -2.43. The summed E-state index contributed by atoms with van der Waals surface area (Å²) in [4.78, 5) is 23.1. The van der Waals surface area contributed by atoms with E-state index in [0.717, 1.165) is 43.6 Å². The Bertz CT molecular complexity index is 757. The van der Waals surface area contributed by atoms with Crippen LogP contribution < -0.4 is 0 Å². The molecule has 0 saturated heterocycles. The topological polar surface area (TPSA) is 76.7 Å². The van der Waals surface area contributed by atoms with Crippen molar-refractivity contribution in [3.8, 4) is 0 Å². The number of hydrogen-bond donors (Lipinski definition) is 1. The van der Waals surface area contributed by atoms with Crippen LogP contribution >= 0.6 is 0 Å². The number of quaternary nitrogens is 1. The molecular formula is C27H46NO5+. The fourth-order valence-electron chi connectivity index (χ4n) is 4.04. The number of hydrogen-bond acceptors (Lipinski definition) is 4. The molecule has 1 aromatic rings. The van der Waals surface area contributed by atoms with E-state index in [9.17, 15) is 9.59 Å². The summed E-state index contributed by atoms with van der Waals surface area (Å²) in [5.41, 5.74) is 2.53. The molecule has 0 saturated carbocycles. The van der Waals surface area contributed by atoms with Gasteiger partial charge in [0.1, 0.15) is 18.1 Å². The van der Waals surface area contributed by atoms with Gasteiger partial charge in [-0.05, 0) is 50.8 Å². The molecule has 1 heterocycles. The van der Waals surface area contributed by atoms with Crippen LogP contribution in [0.15, 0.2) is 10.5 Å². The van der Waals surface area contributed by atoms with Gasteiger partial charge in [0.05, 0.1) is 27.6 Å². The molecule has 6 heteroatoms. The van der Waals surface area contributed by atoms with Crippen molar-refractivity contribution in [1.29, 1.82) is 0 Å². The number of aliphatic carboxylic acids is 1. The minimum Gasteiger partial charge on any atom is -0.481 e. The Morgan fingerprint density at radius 3 is 2.09 bits per heavy atom. The second-order valence-electron chi connectivity index (χ2n) is 10.2. The highest BCUT2D eigenvalue weighted by Gasteiger charge is 2.24. The summed E-state index contributed by atoms with van der Waals surface area (Å²) in [6.07, 6.45) is 13.6. The van der Waals surface area contributed by atoms with Gasteiger partial charge in [0.2, 0.25) is 0 Å². The first-order valence-electron chi connectivity index (χ1n) is 12.5. The van der Waals surface area contributed by atoms with E-state index >= 15 is 0 Å². The molecule has 1 aromatic heterocycles. The lowest BCUT2D eigenvalue weighted by molar-refractivity contribution is -0.873. The van der Waals surface area contributed by atoms with Crippen LogP contribution in [-0.2, 0) is 20.7 Å². The molecule has 6 nitrogen and oxygen atoms in total. The molecule has 0 amide bonds. The summed E-state index contributed by atoms with van der Waals surface area (Å²) in [5, 5.41) is 9.04. The molecule has 0 aliphatic heterocycles. The van der Waals surface area contributed by atoms with Crippen LogP contribution in [0.25, 0.3) is 6.08 Å². The fraction of sp³-hybridized carbons (Fsp3) is 0.704.